The van der Waals surface area contributed by atoms with Crippen molar-refractivity contribution in [1.82, 2.24) is 20.2 Å². The zero-order chi connectivity index (χ0) is 9.10. The second kappa shape index (κ2) is 3.57. The number of nitrogens with zero attached hydrogens (tertiary/aromatic N) is 2. The number of nitrogens with one attached hydrogen (secondary N) is 2. The Morgan fingerprint density at radius 3 is 3.23 bits per heavy atom. The Balaban J connectivity index is 1.91. The van der Waals surface area contributed by atoms with E-state index in [1.165, 1.54) is 0 Å². The Labute approximate surface area is 76.2 Å². The second-order valence-electron chi connectivity index (χ2n) is 3.10. The first kappa shape index (κ1) is 8.25. The molecule has 13 heavy (non-hydrogen) atoms. The molecule has 1 aromatic heterocycles. The van der Waals surface area contributed by atoms with E-state index in [1.807, 2.05) is 0 Å². The highest BCUT2D eigenvalue weighted by Gasteiger charge is 2.16. The summed E-state index contributed by atoms with van der Waals surface area (Å²) in [5, 5.41) is 2.78. The van der Waals surface area contributed by atoms with Crippen LogP contribution in [0, 0.1) is 0 Å². The molecule has 1 aliphatic rings. The molecule has 5 nitrogen and oxygen atoms in total. The molecule has 2 heterocycles. The van der Waals surface area contributed by atoms with E-state index in [-0.39, 0.29) is 5.91 Å². The zero-order valence-electron chi connectivity index (χ0n) is 7.29. The Morgan fingerprint density at radius 2 is 2.54 bits per heavy atom. The smallest absolute Gasteiger partial charge is 0.234 e. The summed E-state index contributed by atoms with van der Waals surface area (Å²) in [5.74, 6) is 1.01. The SMILES string of the molecule is O=C1CN(Cc2ncc[nH]2)CCN1. The number of hydrogen-bond donors (Lipinski definition) is 2. The molecule has 0 unspecified atom stereocenters. The number of carbonyl (C=O) groups excluding carboxylic acids is 1. The average Bonchev–Trinajstić information content (AvgIpc) is 2.57. The molecule has 0 bridgehead atoms. The van der Waals surface area contributed by atoms with Crippen LogP contribution < -0.4 is 5.32 Å². The first-order chi connectivity index (χ1) is 6.34. The number of aromatic nitrogens is 2. The van der Waals surface area contributed by atoms with Crippen LogP contribution in [0.4, 0.5) is 0 Å². The molecular formula is C8H12N4O. The lowest BCUT2D eigenvalue weighted by Gasteiger charge is -2.25. The van der Waals surface area contributed by atoms with Gasteiger partial charge in [0.1, 0.15) is 5.82 Å². The van der Waals surface area contributed by atoms with Crippen molar-refractivity contribution in [2.24, 2.45) is 0 Å². The quantitative estimate of drug-likeness (QED) is 0.635. The molecule has 0 atom stereocenters. The minimum absolute atomic E-state index is 0.0952. The maximum Gasteiger partial charge on any atom is 0.234 e. The minimum atomic E-state index is 0.0952. The fraction of sp³-hybridized carbons (Fsp3) is 0.500. The predicted molar refractivity (Wildman–Crippen MR) is 46.9 cm³/mol. The van der Waals surface area contributed by atoms with Crippen LogP contribution in [0.3, 0.4) is 0 Å². The van der Waals surface area contributed by atoms with Crippen molar-refractivity contribution in [2.75, 3.05) is 19.6 Å². The second-order valence-corrected chi connectivity index (χ2v) is 3.10. The van der Waals surface area contributed by atoms with Crippen LogP contribution in [-0.4, -0.2) is 40.4 Å². The minimum Gasteiger partial charge on any atom is -0.354 e. The highest BCUT2D eigenvalue weighted by Crippen LogP contribution is 1.99. The van der Waals surface area contributed by atoms with Gasteiger partial charge in [0.05, 0.1) is 13.1 Å². The van der Waals surface area contributed by atoms with E-state index in [4.69, 9.17) is 0 Å². The van der Waals surface area contributed by atoms with Gasteiger partial charge < -0.3 is 10.3 Å². The predicted octanol–water partition coefficient (Wildman–Crippen LogP) is -0.659. The molecule has 1 amide bonds. The Morgan fingerprint density at radius 1 is 1.62 bits per heavy atom. The van der Waals surface area contributed by atoms with E-state index in [0.717, 1.165) is 25.5 Å². The van der Waals surface area contributed by atoms with E-state index in [1.54, 1.807) is 12.4 Å². The highest BCUT2D eigenvalue weighted by molar-refractivity contribution is 5.78. The van der Waals surface area contributed by atoms with Gasteiger partial charge in [-0.2, -0.15) is 0 Å². The summed E-state index contributed by atoms with van der Waals surface area (Å²) in [6.07, 6.45) is 3.51. The van der Waals surface area contributed by atoms with Crippen LogP contribution in [0.2, 0.25) is 0 Å². The van der Waals surface area contributed by atoms with Gasteiger partial charge in [0.25, 0.3) is 0 Å². The number of piperazine rings is 1. The third-order valence-electron chi connectivity index (χ3n) is 2.05. The summed E-state index contributed by atoms with van der Waals surface area (Å²) >= 11 is 0. The van der Waals surface area contributed by atoms with Crippen molar-refractivity contribution in [3.05, 3.63) is 18.2 Å². The normalized spacial score (nSPS) is 18.6. The van der Waals surface area contributed by atoms with Gasteiger partial charge in [-0.1, -0.05) is 0 Å². The number of H-pyrrole nitrogens is 1. The molecule has 1 aliphatic heterocycles. The number of aromatic amines is 1. The molecular weight excluding hydrogens is 168 g/mol. The van der Waals surface area contributed by atoms with Gasteiger partial charge in [-0.15, -0.1) is 0 Å². The number of carbonyl (C=O) groups is 1. The first-order valence-electron chi connectivity index (χ1n) is 4.32. The van der Waals surface area contributed by atoms with Crippen molar-refractivity contribution in [3.8, 4) is 0 Å². The van der Waals surface area contributed by atoms with E-state index in [2.05, 4.69) is 20.2 Å². The number of amides is 1. The van der Waals surface area contributed by atoms with E-state index in [9.17, 15) is 4.79 Å². The fourth-order valence-electron chi connectivity index (χ4n) is 1.42. The van der Waals surface area contributed by atoms with Crippen molar-refractivity contribution >= 4 is 5.91 Å². The lowest BCUT2D eigenvalue weighted by atomic mass is 10.3. The highest BCUT2D eigenvalue weighted by atomic mass is 16.2. The summed E-state index contributed by atoms with van der Waals surface area (Å²) in [7, 11) is 0. The van der Waals surface area contributed by atoms with Crippen LogP contribution in [0.25, 0.3) is 0 Å². The molecule has 70 valence electrons. The lowest BCUT2D eigenvalue weighted by molar-refractivity contribution is -0.124. The van der Waals surface area contributed by atoms with Crippen LogP contribution >= 0.6 is 0 Å². The van der Waals surface area contributed by atoms with Gasteiger partial charge in [-0.3, -0.25) is 9.69 Å². The van der Waals surface area contributed by atoms with Gasteiger partial charge in [0.15, 0.2) is 0 Å². The summed E-state index contributed by atoms with van der Waals surface area (Å²) < 4.78 is 0. The molecule has 2 rings (SSSR count). The molecule has 1 saturated heterocycles. The summed E-state index contributed by atoms with van der Waals surface area (Å²) in [6.45, 7) is 2.83. The average molecular weight is 180 g/mol. The van der Waals surface area contributed by atoms with E-state index >= 15 is 0 Å². The number of imidazole rings is 1. The van der Waals surface area contributed by atoms with Crippen LogP contribution in [0.1, 0.15) is 5.82 Å². The van der Waals surface area contributed by atoms with Crippen LogP contribution in [-0.2, 0) is 11.3 Å². The molecule has 1 fully saturated rings. The molecule has 2 N–H and O–H groups in total. The van der Waals surface area contributed by atoms with Gasteiger partial charge in [0.2, 0.25) is 5.91 Å². The largest absolute Gasteiger partial charge is 0.354 e. The van der Waals surface area contributed by atoms with Gasteiger partial charge in [-0.05, 0) is 0 Å². The summed E-state index contributed by atoms with van der Waals surface area (Å²) in [6, 6.07) is 0. The third kappa shape index (κ3) is 2.06. The molecule has 0 aliphatic carbocycles. The monoisotopic (exact) mass is 180 g/mol. The Bertz CT molecular complexity index is 282. The van der Waals surface area contributed by atoms with E-state index < -0.39 is 0 Å². The van der Waals surface area contributed by atoms with Crippen LogP contribution in [0.5, 0.6) is 0 Å². The topological polar surface area (TPSA) is 61.0 Å². The van der Waals surface area contributed by atoms with Crippen molar-refractivity contribution in [3.63, 3.8) is 0 Å². The summed E-state index contributed by atoms with van der Waals surface area (Å²) in [4.78, 5) is 20.2. The fourth-order valence-corrected chi connectivity index (χ4v) is 1.42. The van der Waals surface area contributed by atoms with Gasteiger partial charge >= 0.3 is 0 Å². The first-order valence-corrected chi connectivity index (χ1v) is 4.32. The standard InChI is InChI=1S/C8H12N4O/c13-8-6-12(4-3-11-8)5-7-9-1-2-10-7/h1-2H,3-6H2,(H,9,10)(H,11,13). The van der Waals surface area contributed by atoms with Gasteiger partial charge in [-0.25, -0.2) is 4.98 Å². The molecule has 0 saturated carbocycles. The molecule has 0 radical (unpaired) electrons. The van der Waals surface area contributed by atoms with E-state index in [0.29, 0.717) is 6.54 Å². The zero-order valence-corrected chi connectivity index (χ0v) is 7.29. The maximum atomic E-state index is 11.0. The van der Waals surface area contributed by atoms with Crippen LogP contribution in [0.15, 0.2) is 12.4 Å². The van der Waals surface area contributed by atoms with Crippen molar-refractivity contribution < 1.29 is 4.79 Å². The maximum absolute atomic E-state index is 11.0. The number of hydrogen-bond acceptors (Lipinski definition) is 3. The molecule has 5 heteroatoms. The molecule has 0 spiro atoms. The molecule has 1 aromatic rings. The van der Waals surface area contributed by atoms with Crippen molar-refractivity contribution in [1.29, 1.82) is 0 Å². The van der Waals surface area contributed by atoms with Gasteiger partial charge in [0, 0.05) is 25.5 Å². The third-order valence-corrected chi connectivity index (χ3v) is 2.05. The number of rotatable bonds is 2. The Hall–Kier alpha value is -1.36. The van der Waals surface area contributed by atoms with Crippen molar-refractivity contribution in [2.45, 2.75) is 6.54 Å². The lowest BCUT2D eigenvalue weighted by Crippen LogP contribution is -2.47. The molecule has 0 aromatic carbocycles. The summed E-state index contributed by atoms with van der Waals surface area (Å²) in [5.41, 5.74) is 0. The Kier molecular flexibility index (Phi) is 2.27.